The van der Waals surface area contributed by atoms with Crippen LogP contribution in [0.5, 0.6) is 0 Å². The van der Waals surface area contributed by atoms with E-state index in [-0.39, 0.29) is 18.2 Å². The Morgan fingerprint density at radius 1 is 1.30 bits per heavy atom. The summed E-state index contributed by atoms with van der Waals surface area (Å²) < 4.78 is 10.9. The molecule has 5 nitrogen and oxygen atoms in total. The number of pyridine rings is 1. The van der Waals surface area contributed by atoms with Crippen LogP contribution in [0.15, 0.2) is 18.3 Å². The third-order valence-electron chi connectivity index (χ3n) is 3.98. The van der Waals surface area contributed by atoms with Gasteiger partial charge in [-0.1, -0.05) is 13.0 Å². The van der Waals surface area contributed by atoms with Crippen molar-refractivity contribution in [1.82, 2.24) is 4.98 Å². The standard InChI is InChI=1S/C15H25N3O2/c1-4-12(16)7-11-5-6-15(17-8-11)18-9-13(19-2)14(10-18)20-3/h5-6,8,12-14H,4,7,9-10,16H2,1-3H3. The van der Waals surface area contributed by atoms with Crippen molar-refractivity contribution in [2.75, 3.05) is 32.2 Å². The van der Waals surface area contributed by atoms with Gasteiger partial charge in [-0.2, -0.15) is 0 Å². The Balaban J connectivity index is 2.00. The normalized spacial score (nSPS) is 24.1. The number of rotatable bonds is 6. The molecule has 0 amide bonds. The van der Waals surface area contributed by atoms with Crippen molar-refractivity contribution in [3.8, 4) is 0 Å². The highest BCUT2D eigenvalue weighted by molar-refractivity contribution is 5.41. The van der Waals surface area contributed by atoms with Crippen LogP contribution in [0.25, 0.3) is 0 Å². The summed E-state index contributed by atoms with van der Waals surface area (Å²) in [5.41, 5.74) is 7.16. The highest BCUT2D eigenvalue weighted by Gasteiger charge is 2.33. The predicted octanol–water partition coefficient (Wildman–Crippen LogP) is 1.21. The van der Waals surface area contributed by atoms with Crippen LogP contribution < -0.4 is 10.6 Å². The summed E-state index contributed by atoms with van der Waals surface area (Å²) in [5.74, 6) is 0.973. The molecule has 0 spiro atoms. The Labute approximate surface area is 121 Å². The highest BCUT2D eigenvalue weighted by Crippen LogP contribution is 2.22. The number of hydrogen-bond donors (Lipinski definition) is 1. The molecule has 0 saturated carbocycles. The van der Waals surface area contributed by atoms with Crippen molar-refractivity contribution >= 4 is 5.82 Å². The molecule has 0 aromatic carbocycles. The quantitative estimate of drug-likeness (QED) is 0.848. The minimum absolute atomic E-state index is 0.106. The largest absolute Gasteiger partial charge is 0.377 e. The Hall–Kier alpha value is -1.17. The maximum Gasteiger partial charge on any atom is 0.128 e. The second kappa shape index (κ2) is 7.02. The lowest BCUT2D eigenvalue weighted by Gasteiger charge is -2.17. The molecule has 3 atom stereocenters. The van der Waals surface area contributed by atoms with Crippen molar-refractivity contribution in [3.63, 3.8) is 0 Å². The van der Waals surface area contributed by atoms with Gasteiger partial charge in [0.05, 0.1) is 0 Å². The molecule has 0 radical (unpaired) electrons. The molecule has 1 saturated heterocycles. The summed E-state index contributed by atoms with van der Waals surface area (Å²) >= 11 is 0. The van der Waals surface area contributed by atoms with Gasteiger partial charge in [-0.3, -0.25) is 0 Å². The molecule has 2 N–H and O–H groups in total. The van der Waals surface area contributed by atoms with E-state index in [2.05, 4.69) is 28.9 Å². The number of nitrogens with two attached hydrogens (primary N) is 1. The first kappa shape index (κ1) is 15.2. The first-order valence-electron chi connectivity index (χ1n) is 7.19. The summed E-state index contributed by atoms with van der Waals surface area (Å²) in [6, 6.07) is 4.38. The monoisotopic (exact) mass is 279 g/mol. The zero-order valence-electron chi connectivity index (χ0n) is 12.6. The maximum atomic E-state index is 5.97. The molecule has 2 heterocycles. The van der Waals surface area contributed by atoms with Crippen LogP contribution in [0.2, 0.25) is 0 Å². The van der Waals surface area contributed by atoms with Gasteiger partial charge in [0.25, 0.3) is 0 Å². The molecule has 0 aliphatic carbocycles. The van der Waals surface area contributed by atoms with Gasteiger partial charge in [0.2, 0.25) is 0 Å². The van der Waals surface area contributed by atoms with Crippen molar-refractivity contribution in [2.24, 2.45) is 5.73 Å². The van der Waals surface area contributed by atoms with Crippen LogP contribution in [0.3, 0.4) is 0 Å². The molecule has 3 unspecified atom stereocenters. The summed E-state index contributed by atoms with van der Waals surface area (Å²) in [4.78, 5) is 6.75. The van der Waals surface area contributed by atoms with Gasteiger partial charge >= 0.3 is 0 Å². The van der Waals surface area contributed by atoms with E-state index in [0.717, 1.165) is 31.7 Å². The Bertz CT molecular complexity index is 398. The Morgan fingerprint density at radius 2 is 1.95 bits per heavy atom. The van der Waals surface area contributed by atoms with Gasteiger partial charge in [-0.15, -0.1) is 0 Å². The van der Waals surface area contributed by atoms with Gasteiger partial charge in [-0.05, 0) is 24.5 Å². The van der Waals surface area contributed by atoms with E-state index in [4.69, 9.17) is 15.2 Å². The van der Waals surface area contributed by atoms with Crippen molar-refractivity contribution in [3.05, 3.63) is 23.9 Å². The van der Waals surface area contributed by atoms with Gasteiger partial charge in [0, 0.05) is 39.5 Å². The second-order valence-electron chi connectivity index (χ2n) is 5.35. The van der Waals surface area contributed by atoms with Crippen LogP contribution in [0, 0.1) is 0 Å². The van der Waals surface area contributed by atoms with E-state index in [0.29, 0.717) is 0 Å². The summed E-state index contributed by atoms with van der Waals surface area (Å²) in [6.45, 7) is 3.73. The minimum Gasteiger partial charge on any atom is -0.377 e. The lowest BCUT2D eigenvalue weighted by Crippen LogP contribution is -2.27. The first-order valence-corrected chi connectivity index (χ1v) is 7.19. The smallest absolute Gasteiger partial charge is 0.128 e. The number of aromatic nitrogens is 1. The van der Waals surface area contributed by atoms with Crippen molar-refractivity contribution in [2.45, 2.75) is 38.0 Å². The highest BCUT2D eigenvalue weighted by atomic mass is 16.5. The summed E-state index contributed by atoms with van der Waals surface area (Å²) in [7, 11) is 3.45. The van der Waals surface area contributed by atoms with Crippen LogP contribution in [0.4, 0.5) is 5.82 Å². The predicted molar refractivity (Wildman–Crippen MR) is 80.0 cm³/mol. The molecule has 2 rings (SSSR count). The molecule has 1 fully saturated rings. The fraction of sp³-hybridized carbons (Fsp3) is 0.667. The van der Waals surface area contributed by atoms with Crippen LogP contribution in [0.1, 0.15) is 18.9 Å². The van der Waals surface area contributed by atoms with Crippen molar-refractivity contribution < 1.29 is 9.47 Å². The van der Waals surface area contributed by atoms with E-state index in [1.54, 1.807) is 14.2 Å². The molecule has 1 aromatic rings. The molecule has 112 valence electrons. The van der Waals surface area contributed by atoms with E-state index in [1.807, 2.05) is 6.20 Å². The molecule has 1 aliphatic rings. The first-order chi connectivity index (χ1) is 9.67. The number of anilines is 1. The SMILES string of the molecule is CCC(N)Cc1ccc(N2CC(OC)C(OC)C2)nc1. The number of methoxy groups -OCH3 is 2. The molecule has 1 aromatic heterocycles. The van der Waals surface area contributed by atoms with Crippen LogP contribution in [-0.4, -0.2) is 50.5 Å². The second-order valence-corrected chi connectivity index (χ2v) is 5.35. The van der Waals surface area contributed by atoms with E-state index in [1.165, 1.54) is 5.56 Å². The Morgan fingerprint density at radius 3 is 2.40 bits per heavy atom. The average Bonchev–Trinajstić information content (AvgIpc) is 2.91. The van der Waals surface area contributed by atoms with Gasteiger partial charge in [-0.25, -0.2) is 4.98 Å². The van der Waals surface area contributed by atoms with Crippen molar-refractivity contribution in [1.29, 1.82) is 0 Å². The van der Waals surface area contributed by atoms with Crippen LogP contribution in [-0.2, 0) is 15.9 Å². The van der Waals surface area contributed by atoms with Crippen LogP contribution >= 0.6 is 0 Å². The summed E-state index contributed by atoms with van der Waals surface area (Å²) in [5, 5.41) is 0. The topological polar surface area (TPSA) is 60.6 Å². The molecular formula is C15H25N3O2. The van der Waals surface area contributed by atoms with E-state index in [9.17, 15) is 0 Å². The molecular weight excluding hydrogens is 254 g/mol. The molecule has 20 heavy (non-hydrogen) atoms. The number of ether oxygens (including phenoxy) is 2. The van der Waals surface area contributed by atoms with Gasteiger partial charge in [0.1, 0.15) is 18.0 Å². The lowest BCUT2D eigenvalue weighted by atomic mass is 10.1. The third kappa shape index (κ3) is 3.48. The third-order valence-corrected chi connectivity index (χ3v) is 3.98. The summed E-state index contributed by atoms with van der Waals surface area (Å²) in [6.07, 6.45) is 4.00. The molecule has 5 heteroatoms. The molecule has 0 bridgehead atoms. The minimum atomic E-state index is 0.106. The van der Waals surface area contributed by atoms with Gasteiger partial charge < -0.3 is 20.1 Å². The van der Waals surface area contributed by atoms with E-state index >= 15 is 0 Å². The van der Waals surface area contributed by atoms with E-state index < -0.39 is 0 Å². The number of nitrogens with zero attached hydrogens (tertiary/aromatic N) is 2. The van der Waals surface area contributed by atoms with Gasteiger partial charge in [0.15, 0.2) is 0 Å². The maximum absolute atomic E-state index is 5.97. The molecule has 1 aliphatic heterocycles. The Kier molecular flexibility index (Phi) is 5.34. The lowest BCUT2D eigenvalue weighted by molar-refractivity contribution is -0.00461. The fourth-order valence-electron chi connectivity index (χ4n) is 2.56. The zero-order chi connectivity index (χ0) is 14.5. The zero-order valence-corrected chi connectivity index (χ0v) is 12.6. The average molecular weight is 279 g/mol. The fourth-order valence-corrected chi connectivity index (χ4v) is 2.56. The number of hydrogen-bond acceptors (Lipinski definition) is 5.